The van der Waals surface area contributed by atoms with Crippen molar-refractivity contribution in [3.05, 3.63) is 65.7 Å². The van der Waals surface area contributed by atoms with E-state index >= 15 is 0 Å². The van der Waals surface area contributed by atoms with E-state index in [1.54, 1.807) is 0 Å². The maximum atomic E-state index is 5.75. The summed E-state index contributed by atoms with van der Waals surface area (Å²) in [5.74, 6) is 0.584. The molecule has 21 heavy (non-hydrogen) atoms. The standard InChI is InChI=1S/C17H15NO2S/c1-2-19-17(21)16-9-13-11-18-14(10-15(13)20-16)8-12-6-4-3-5-7-12/h3-7,9-11H,2,8H2,1H3. The van der Waals surface area contributed by atoms with Crippen molar-refractivity contribution in [1.29, 1.82) is 0 Å². The summed E-state index contributed by atoms with van der Waals surface area (Å²) < 4.78 is 11.1. The number of nitrogens with zero attached hydrogens (tertiary/aromatic N) is 1. The highest BCUT2D eigenvalue weighted by atomic mass is 32.1. The summed E-state index contributed by atoms with van der Waals surface area (Å²) in [7, 11) is 0. The molecule has 0 fully saturated rings. The second-order valence-electron chi connectivity index (χ2n) is 4.71. The third-order valence-electron chi connectivity index (χ3n) is 3.16. The molecule has 0 spiro atoms. The van der Waals surface area contributed by atoms with Gasteiger partial charge in [0, 0.05) is 29.8 Å². The quantitative estimate of drug-likeness (QED) is 0.678. The summed E-state index contributed by atoms with van der Waals surface area (Å²) >= 11 is 5.16. The Morgan fingerprint density at radius 3 is 2.81 bits per heavy atom. The predicted octanol–water partition coefficient (Wildman–Crippen LogP) is 4.13. The van der Waals surface area contributed by atoms with Crippen LogP contribution in [0.1, 0.15) is 23.9 Å². The first-order chi connectivity index (χ1) is 10.3. The number of hydrogen-bond donors (Lipinski definition) is 0. The number of fused-ring (bicyclic) bond motifs is 1. The minimum absolute atomic E-state index is 0.387. The van der Waals surface area contributed by atoms with Gasteiger partial charge in [0.25, 0.3) is 0 Å². The molecule has 1 aromatic carbocycles. The van der Waals surface area contributed by atoms with Crippen molar-refractivity contribution >= 4 is 28.2 Å². The van der Waals surface area contributed by atoms with Gasteiger partial charge in [-0.15, -0.1) is 0 Å². The molecule has 4 heteroatoms. The summed E-state index contributed by atoms with van der Waals surface area (Å²) in [6.45, 7) is 2.43. The fourth-order valence-electron chi connectivity index (χ4n) is 2.18. The van der Waals surface area contributed by atoms with Crippen LogP contribution in [0, 0.1) is 0 Å². The van der Waals surface area contributed by atoms with E-state index in [-0.39, 0.29) is 0 Å². The number of pyridine rings is 1. The largest absolute Gasteiger partial charge is 0.481 e. The Balaban J connectivity index is 1.88. The van der Waals surface area contributed by atoms with Crippen molar-refractivity contribution in [2.75, 3.05) is 6.61 Å². The van der Waals surface area contributed by atoms with Crippen LogP contribution in [0.3, 0.4) is 0 Å². The Bertz CT molecular complexity index is 765. The van der Waals surface area contributed by atoms with Crippen molar-refractivity contribution in [2.45, 2.75) is 13.3 Å². The Kier molecular flexibility index (Phi) is 3.97. The molecule has 0 aliphatic carbocycles. The average Bonchev–Trinajstić information content (AvgIpc) is 2.92. The first kappa shape index (κ1) is 13.8. The summed E-state index contributed by atoms with van der Waals surface area (Å²) in [5, 5.41) is 1.32. The average molecular weight is 297 g/mol. The lowest BCUT2D eigenvalue weighted by atomic mass is 10.1. The molecule has 3 nitrogen and oxygen atoms in total. The Morgan fingerprint density at radius 1 is 1.24 bits per heavy atom. The number of hydrogen-bond acceptors (Lipinski definition) is 4. The van der Waals surface area contributed by atoms with Gasteiger partial charge >= 0.3 is 0 Å². The van der Waals surface area contributed by atoms with Gasteiger partial charge in [-0.05, 0) is 30.8 Å². The number of ether oxygens (including phenoxy) is 1. The summed E-state index contributed by atoms with van der Waals surface area (Å²) in [5.41, 5.74) is 2.98. The molecule has 0 saturated heterocycles. The van der Waals surface area contributed by atoms with Gasteiger partial charge in [-0.1, -0.05) is 30.3 Å². The normalized spacial score (nSPS) is 10.7. The van der Waals surface area contributed by atoms with Crippen molar-refractivity contribution in [3.8, 4) is 0 Å². The van der Waals surface area contributed by atoms with E-state index in [2.05, 4.69) is 17.1 Å². The van der Waals surface area contributed by atoms with Gasteiger partial charge in [-0.25, -0.2) is 0 Å². The van der Waals surface area contributed by atoms with E-state index in [0.29, 0.717) is 17.4 Å². The highest BCUT2D eigenvalue weighted by molar-refractivity contribution is 7.80. The molecule has 3 aromatic rings. The summed E-state index contributed by atoms with van der Waals surface area (Å²) in [6, 6.07) is 14.1. The molecule has 0 atom stereocenters. The lowest BCUT2D eigenvalue weighted by Crippen LogP contribution is -2.00. The van der Waals surface area contributed by atoms with E-state index in [4.69, 9.17) is 21.4 Å². The van der Waals surface area contributed by atoms with Gasteiger partial charge in [0.05, 0.1) is 6.61 Å². The third-order valence-corrected chi connectivity index (χ3v) is 3.48. The molecule has 2 aromatic heterocycles. The maximum absolute atomic E-state index is 5.75. The van der Waals surface area contributed by atoms with Crippen LogP contribution >= 0.6 is 12.2 Å². The minimum atomic E-state index is 0.387. The molecule has 0 radical (unpaired) electrons. The highest BCUT2D eigenvalue weighted by Crippen LogP contribution is 2.21. The molecular weight excluding hydrogens is 282 g/mol. The molecule has 0 saturated carbocycles. The van der Waals surface area contributed by atoms with Crippen LogP contribution in [-0.4, -0.2) is 16.6 Å². The molecule has 0 unspecified atom stereocenters. The van der Waals surface area contributed by atoms with Crippen molar-refractivity contribution in [2.24, 2.45) is 0 Å². The van der Waals surface area contributed by atoms with E-state index in [1.165, 1.54) is 5.56 Å². The lowest BCUT2D eigenvalue weighted by Gasteiger charge is -2.00. The summed E-state index contributed by atoms with van der Waals surface area (Å²) in [6.07, 6.45) is 2.60. The van der Waals surface area contributed by atoms with E-state index < -0.39 is 0 Å². The number of aromatic nitrogens is 1. The highest BCUT2D eigenvalue weighted by Gasteiger charge is 2.10. The zero-order chi connectivity index (χ0) is 14.7. The van der Waals surface area contributed by atoms with E-state index in [0.717, 1.165) is 23.1 Å². The topological polar surface area (TPSA) is 35.3 Å². The first-order valence-electron chi connectivity index (χ1n) is 6.86. The van der Waals surface area contributed by atoms with Gasteiger partial charge in [0.1, 0.15) is 5.58 Å². The molecule has 0 N–H and O–H groups in total. The second-order valence-corrected chi connectivity index (χ2v) is 5.08. The van der Waals surface area contributed by atoms with Gasteiger partial charge in [-0.2, -0.15) is 0 Å². The van der Waals surface area contributed by atoms with Gasteiger partial charge in [0.2, 0.25) is 5.05 Å². The van der Waals surface area contributed by atoms with Crippen LogP contribution in [0.15, 0.2) is 53.1 Å². The van der Waals surface area contributed by atoms with E-state index in [1.807, 2.05) is 43.5 Å². The molecule has 0 aliphatic heterocycles. The van der Waals surface area contributed by atoms with Crippen LogP contribution in [0.25, 0.3) is 11.0 Å². The van der Waals surface area contributed by atoms with Crippen molar-refractivity contribution in [3.63, 3.8) is 0 Å². The molecule has 0 amide bonds. The van der Waals surface area contributed by atoms with Crippen LogP contribution in [0.5, 0.6) is 0 Å². The zero-order valence-electron chi connectivity index (χ0n) is 11.7. The van der Waals surface area contributed by atoms with E-state index in [9.17, 15) is 0 Å². The van der Waals surface area contributed by atoms with Crippen LogP contribution in [0.4, 0.5) is 0 Å². The third kappa shape index (κ3) is 3.11. The first-order valence-corrected chi connectivity index (χ1v) is 7.26. The molecule has 2 heterocycles. The van der Waals surface area contributed by atoms with Crippen molar-refractivity contribution in [1.82, 2.24) is 4.98 Å². The van der Waals surface area contributed by atoms with Crippen LogP contribution < -0.4 is 0 Å². The minimum Gasteiger partial charge on any atom is -0.481 e. The SMILES string of the molecule is CCOC(=S)c1cc2cnc(Cc3ccccc3)cc2o1. The molecule has 0 bridgehead atoms. The zero-order valence-corrected chi connectivity index (χ0v) is 12.5. The number of furan rings is 1. The van der Waals surface area contributed by atoms with Gasteiger partial charge < -0.3 is 9.15 Å². The second kappa shape index (κ2) is 6.06. The lowest BCUT2D eigenvalue weighted by molar-refractivity contribution is 0.330. The van der Waals surface area contributed by atoms with Crippen LogP contribution in [-0.2, 0) is 11.2 Å². The van der Waals surface area contributed by atoms with Crippen molar-refractivity contribution < 1.29 is 9.15 Å². The summed E-state index contributed by atoms with van der Waals surface area (Å²) in [4.78, 5) is 4.48. The molecule has 0 aliphatic rings. The molecule has 106 valence electrons. The monoisotopic (exact) mass is 297 g/mol. The van der Waals surface area contributed by atoms with Gasteiger partial charge in [0.15, 0.2) is 5.76 Å². The predicted molar refractivity (Wildman–Crippen MR) is 86.6 cm³/mol. The Morgan fingerprint density at radius 2 is 2.05 bits per heavy atom. The van der Waals surface area contributed by atoms with Gasteiger partial charge in [-0.3, -0.25) is 4.98 Å². The number of benzene rings is 1. The molecule has 3 rings (SSSR count). The Labute approximate surface area is 128 Å². The Hall–Kier alpha value is -2.20. The number of rotatable bonds is 4. The maximum Gasteiger partial charge on any atom is 0.227 e. The number of thiocarbonyl (C=S) groups is 1. The van der Waals surface area contributed by atoms with Crippen LogP contribution in [0.2, 0.25) is 0 Å². The smallest absolute Gasteiger partial charge is 0.227 e. The fraction of sp³-hybridized carbons (Fsp3) is 0.176. The fourth-order valence-corrected chi connectivity index (χ4v) is 2.40. The molecular formula is C17H15NO2S.